The number of amides is 1. The molecular formula is C29H31FN2O3. The number of carbonyl (C=O) groups excluding carboxylic acids is 2. The van der Waals surface area contributed by atoms with Crippen molar-refractivity contribution in [2.75, 3.05) is 6.54 Å². The molecule has 182 valence electrons. The normalized spacial score (nSPS) is 11.3. The van der Waals surface area contributed by atoms with E-state index in [1.54, 1.807) is 18.2 Å². The maximum absolute atomic E-state index is 14.5. The van der Waals surface area contributed by atoms with E-state index in [0.717, 1.165) is 17.4 Å². The zero-order chi connectivity index (χ0) is 24.9. The Morgan fingerprint density at radius 3 is 2.37 bits per heavy atom. The molecule has 0 fully saturated rings. The lowest BCUT2D eigenvalue weighted by Crippen LogP contribution is -2.34. The molecule has 0 aliphatic rings. The number of aldehydes is 1. The lowest BCUT2D eigenvalue weighted by Gasteiger charge is -2.16. The zero-order valence-corrected chi connectivity index (χ0v) is 19.7. The molecule has 0 saturated heterocycles. The first-order valence-electron chi connectivity index (χ1n) is 11.7. The van der Waals surface area contributed by atoms with Crippen LogP contribution in [0.2, 0.25) is 0 Å². The smallest absolute Gasteiger partial charge is 0.223 e. The maximum atomic E-state index is 14.5. The molecule has 0 bridgehead atoms. The van der Waals surface area contributed by atoms with Crippen LogP contribution in [0.15, 0.2) is 91.1 Å². The summed E-state index contributed by atoms with van der Waals surface area (Å²) in [6.45, 7) is 4.86. The summed E-state index contributed by atoms with van der Waals surface area (Å²) < 4.78 is 20.0. The van der Waals surface area contributed by atoms with Crippen LogP contribution in [0.4, 0.5) is 4.39 Å². The number of para-hydroxylation sites is 1. The van der Waals surface area contributed by atoms with Gasteiger partial charge in [-0.05, 0) is 54.7 Å². The molecular weight excluding hydrogens is 443 g/mol. The van der Waals surface area contributed by atoms with Gasteiger partial charge in [0.1, 0.15) is 12.0 Å². The molecule has 5 nitrogen and oxygen atoms in total. The van der Waals surface area contributed by atoms with Crippen LogP contribution in [0.5, 0.6) is 11.5 Å². The second-order valence-corrected chi connectivity index (χ2v) is 8.33. The Hall–Kier alpha value is -3.93. The first-order valence-corrected chi connectivity index (χ1v) is 11.7. The van der Waals surface area contributed by atoms with Gasteiger partial charge in [-0.3, -0.25) is 4.79 Å². The molecule has 0 aromatic heterocycles. The SMILES string of the molecule is C=C(CNC(=O)C(CC=O)CCCc1ccc(Oc2ccccc2)c(F)c1)NCc1ccccc1. The number of benzene rings is 3. The van der Waals surface area contributed by atoms with Crippen molar-refractivity contribution < 1.29 is 18.7 Å². The summed E-state index contributed by atoms with van der Waals surface area (Å²) in [6, 6.07) is 23.8. The van der Waals surface area contributed by atoms with E-state index in [2.05, 4.69) is 17.2 Å². The minimum absolute atomic E-state index is 0.147. The average Bonchev–Trinajstić information content (AvgIpc) is 2.88. The maximum Gasteiger partial charge on any atom is 0.223 e. The lowest BCUT2D eigenvalue weighted by atomic mass is 9.96. The lowest BCUT2D eigenvalue weighted by molar-refractivity contribution is -0.127. The predicted molar refractivity (Wildman–Crippen MR) is 135 cm³/mol. The van der Waals surface area contributed by atoms with Crippen LogP contribution in [0.25, 0.3) is 0 Å². The van der Waals surface area contributed by atoms with Crippen molar-refractivity contribution in [2.24, 2.45) is 5.92 Å². The van der Waals surface area contributed by atoms with Gasteiger partial charge in [0, 0.05) is 24.6 Å². The predicted octanol–water partition coefficient (Wildman–Crippen LogP) is 5.57. The fourth-order valence-electron chi connectivity index (χ4n) is 3.65. The van der Waals surface area contributed by atoms with Gasteiger partial charge < -0.3 is 20.2 Å². The zero-order valence-electron chi connectivity index (χ0n) is 19.7. The third kappa shape index (κ3) is 8.74. The molecule has 3 rings (SSSR count). The second-order valence-electron chi connectivity index (χ2n) is 8.33. The highest BCUT2D eigenvalue weighted by molar-refractivity contribution is 5.81. The van der Waals surface area contributed by atoms with Gasteiger partial charge in [0.05, 0.1) is 6.54 Å². The number of ether oxygens (including phenoxy) is 1. The third-order valence-corrected chi connectivity index (χ3v) is 5.60. The largest absolute Gasteiger partial charge is 0.454 e. The summed E-state index contributed by atoms with van der Waals surface area (Å²) in [5.74, 6) is -0.313. The molecule has 0 saturated carbocycles. The van der Waals surface area contributed by atoms with E-state index in [1.807, 2.05) is 54.6 Å². The number of hydrogen-bond acceptors (Lipinski definition) is 4. The van der Waals surface area contributed by atoms with Gasteiger partial charge in [0.15, 0.2) is 11.6 Å². The first kappa shape index (κ1) is 25.7. The molecule has 0 radical (unpaired) electrons. The fourth-order valence-corrected chi connectivity index (χ4v) is 3.65. The molecule has 1 atom stereocenters. The summed E-state index contributed by atoms with van der Waals surface area (Å²) in [4.78, 5) is 23.7. The molecule has 1 unspecified atom stereocenters. The van der Waals surface area contributed by atoms with Crippen LogP contribution < -0.4 is 15.4 Å². The Kier molecular flexibility index (Phi) is 10.1. The minimum Gasteiger partial charge on any atom is -0.454 e. The van der Waals surface area contributed by atoms with Crippen LogP contribution in [0.3, 0.4) is 0 Å². The Balaban J connectivity index is 1.43. The molecule has 1 amide bonds. The fraction of sp³-hybridized carbons (Fsp3) is 0.241. The first-order chi connectivity index (χ1) is 17.0. The summed E-state index contributed by atoms with van der Waals surface area (Å²) in [7, 11) is 0. The van der Waals surface area contributed by atoms with E-state index in [4.69, 9.17) is 4.74 Å². The van der Waals surface area contributed by atoms with Gasteiger partial charge in [-0.15, -0.1) is 0 Å². The molecule has 0 heterocycles. The van der Waals surface area contributed by atoms with Gasteiger partial charge in [0.2, 0.25) is 5.91 Å². The van der Waals surface area contributed by atoms with Gasteiger partial charge in [-0.2, -0.15) is 0 Å². The molecule has 0 spiro atoms. The summed E-state index contributed by atoms with van der Waals surface area (Å²) in [5.41, 5.74) is 2.63. The van der Waals surface area contributed by atoms with Gasteiger partial charge in [-0.25, -0.2) is 4.39 Å². The highest BCUT2D eigenvalue weighted by atomic mass is 19.1. The summed E-state index contributed by atoms with van der Waals surface area (Å²) >= 11 is 0. The van der Waals surface area contributed by atoms with Gasteiger partial charge in [0.25, 0.3) is 0 Å². The highest BCUT2D eigenvalue weighted by Crippen LogP contribution is 2.25. The number of carbonyl (C=O) groups is 2. The van der Waals surface area contributed by atoms with Crippen molar-refractivity contribution >= 4 is 12.2 Å². The number of hydrogen-bond donors (Lipinski definition) is 2. The van der Waals surface area contributed by atoms with E-state index in [-0.39, 0.29) is 24.6 Å². The Morgan fingerprint density at radius 2 is 1.69 bits per heavy atom. The van der Waals surface area contributed by atoms with E-state index >= 15 is 0 Å². The van der Waals surface area contributed by atoms with Crippen molar-refractivity contribution in [3.8, 4) is 11.5 Å². The molecule has 35 heavy (non-hydrogen) atoms. The van der Waals surface area contributed by atoms with Crippen LogP contribution in [0.1, 0.15) is 30.4 Å². The third-order valence-electron chi connectivity index (χ3n) is 5.60. The average molecular weight is 475 g/mol. The number of rotatable bonds is 14. The second kappa shape index (κ2) is 13.7. The molecule has 6 heteroatoms. The van der Waals surface area contributed by atoms with Crippen molar-refractivity contribution in [1.29, 1.82) is 0 Å². The van der Waals surface area contributed by atoms with Crippen molar-refractivity contribution in [2.45, 2.75) is 32.2 Å². The Morgan fingerprint density at radius 1 is 0.971 bits per heavy atom. The van der Waals surface area contributed by atoms with Crippen molar-refractivity contribution in [3.05, 3.63) is 108 Å². The van der Waals surface area contributed by atoms with Crippen molar-refractivity contribution in [3.63, 3.8) is 0 Å². The molecule has 0 aliphatic heterocycles. The van der Waals surface area contributed by atoms with Crippen molar-refractivity contribution in [1.82, 2.24) is 10.6 Å². The standard InChI is InChI=1S/C29H31FN2O3/c1-22(31-21-24-9-4-2-5-10-24)20-32-29(34)25(17-18-33)12-8-11-23-15-16-28(27(30)19-23)35-26-13-6-3-7-14-26/h2-7,9-10,13-16,18-19,25,31H,1,8,11-12,17,20-21H2,(H,32,34). The summed E-state index contributed by atoms with van der Waals surface area (Å²) in [5, 5.41) is 6.05. The van der Waals surface area contributed by atoms with Gasteiger partial charge >= 0.3 is 0 Å². The van der Waals surface area contributed by atoms with E-state index < -0.39 is 11.7 Å². The van der Waals surface area contributed by atoms with Crippen LogP contribution in [-0.4, -0.2) is 18.7 Å². The van der Waals surface area contributed by atoms with E-state index in [9.17, 15) is 14.0 Å². The highest BCUT2D eigenvalue weighted by Gasteiger charge is 2.18. The van der Waals surface area contributed by atoms with E-state index in [1.165, 1.54) is 6.07 Å². The molecule has 3 aromatic rings. The van der Waals surface area contributed by atoms with Gasteiger partial charge in [-0.1, -0.05) is 61.2 Å². The minimum atomic E-state index is -0.435. The Bertz CT molecular complexity index is 1100. The number of halogens is 1. The van der Waals surface area contributed by atoms with Crippen LogP contribution in [0, 0.1) is 11.7 Å². The number of nitrogens with one attached hydrogen (secondary N) is 2. The topological polar surface area (TPSA) is 67.4 Å². The molecule has 0 aliphatic carbocycles. The van der Waals surface area contributed by atoms with Crippen LogP contribution in [-0.2, 0) is 22.6 Å². The quantitative estimate of drug-likeness (QED) is 0.300. The van der Waals surface area contributed by atoms with Crippen LogP contribution >= 0.6 is 0 Å². The monoisotopic (exact) mass is 474 g/mol. The Labute approximate surface area is 206 Å². The summed E-state index contributed by atoms with van der Waals surface area (Å²) in [6.07, 6.45) is 2.68. The molecule has 2 N–H and O–H groups in total. The molecule has 3 aromatic carbocycles. The number of aryl methyl sites for hydroxylation is 1. The van der Waals surface area contributed by atoms with E-state index in [0.29, 0.717) is 37.3 Å².